The molecule has 0 bridgehead atoms. The highest BCUT2D eigenvalue weighted by Gasteiger charge is 2.42. The van der Waals surface area contributed by atoms with E-state index in [1.165, 1.54) is 38.5 Å². The lowest BCUT2D eigenvalue weighted by Crippen LogP contribution is -2.74. The quantitative estimate of drug-likeness (QED) is 0.521. The van der Waals surface area contributed by atoms with Crippen molar-refractivity contribution in [2.45, 2.75) is 115 Å². The summed E-state index contributed by atoms with van der Waals surface area (Å²) in [6, 6.07) is 0. The Bertz CT molecular complexity index is 438. The van der Waals surface area contributed by atoms with Crippen molar-refractivity contribution in [2.75, 3.05) is 0 Å². The standard InChI is InChI=1S/C22H41N3O2/c1-14-10-12-15(13-11-14)20-23-21(16-6-2-4-8-18(16)26)25-22(24-20)17-7-3-5-9-19(17)27/h14-27H,2-13H2,1H3. The molecule has 27 heavy (non-hydrogen) atoms. The number of rotatable bonds is 3. The van der Waals surface area contributed by atoms with Crippen molar-refractivity contribution >= 4 is 0 Å². The Morgan fingerprint density at radius 3 is 1.48 bits per heavy atom. The van der Waals surface area contributed by atoms with Gasteiger partial charge in [0.2, 0.25) is 0 Å². The van der Waals surface area contributed by atoms with E-state index in [0.29, 0.717) is 12.1 Å². The van der Waals surface area contributed by atoms with E-state index >= 15 is 0 Å². The van der Waals surface area contributed by atoms with Crippen molar-refractivity contribution in [2.24, 2.45) is 23.7 Å². The highest BCUT2D eigenvalue weighted by Crippen LogP contribution is 2.35. The van der Waals surface area contributed by atoms with E-state index in [4.69, 9.17) is 0 Å². The molecular weight excluding hydrogens is 338 g/mol. The van der Waals surface area contributed by atoms with E-state index in [0.717, 1.165) is 44.4 Å². The van der Waals surface area contributed by atoms with Gasteiger partial charge in [0, 0.05) is 11.8 Å². The minimum absolute atomic E-state index is 0.157. The summed E-state index contributed by atoms with van der Waals surface area (Å²) in [7, 11) is 0. The summed E-state index contributed by atoms with van der Waals surface area (Å²) in [6.07, 6.45) is 14.2. The SMILES string of the molecule is CC1CCC(C2NC(C3CCCCC3O)NC(C3CCCCC3O)N2)CC1. The zero-order valence-electron chi connectivity index (χ0n) is 17.1. The number of aliphatic hydroxyl groups is 2. The predicted molar refractivity (Wildman–Crippen MR) is 108 cm³/mol. The van der Waals surface area contributed by atoms with Gasteiger partial charge in [-0.2, -0.15) is 0 Å². The van der Waals surface area contributed by atoms with Gasteiger partial charge in [0.1, 0.15) is 0 Å². The molecule has 5 heteroatoms. The summed E-state index contributed by atoms with van der Waals surface area (Å²) in [6.45, 7) is 2.38. The van der Waals surface area contributed by atoms with Crippen LogP contribution >= 0.6 is 0 Å². The van der Waals surface area contributed by atoms with Gasteiger partial charge in [0.05, 0.1) is 30.7 Å². The van der Waals surface area contributed by atoms with Crippen LogP contribution in [-0.2, 0) is 0 Å². The van der Waals surface area contributed by atoms with E-state index in [1.807, 2.05) is 0 Å². The molecular formula is C22H41N3O2. The first-order chi connectivity index (χ1) is 13.1. The third-order valence-corrected chi connectivity index (χ3v) is 8.03. The zero-order chi connectivity index (χ0) is 18.8. The lowest BCUT2D eigenvalue weighted by molar-refractivity contribution is -0.0248. The summed E-state index contributed by atoms with van der Waals surface area (Å²) in [5.41, 5.74) is 0. The molecule has 0 aromatic heterocycles. The average molecular weight is 380 g/mol. The van der Waals surface area contributed by atoms with Gasteiger partial charge >= 0.3 is 0 Å². The third kappa shape index (κ3) is 4.69. The van der Waals surface area contributed by atoms with Gasteiger partial charge in [-0.05, 0) is 50.4 Å². The molecule has 0 aromatic rings. The molecule has 4 aliphatic rings. The summed E-state index contributed by atoms with van der Waals surface area (Å²) >= 11 is 0. The van der Waals surface area contributed by atoms with Crippen LogP contribution in [0.3, 0.4) is 0 Å². The third-order valence-electron chi connectivity index (χ3n) is 8.03. The Morgan fingerprint density at radius 1 is 0.556 bits per heavy atom. The maximum absolute atomic E-state index is 10.7. The van der Waals surface area contributed by atoms with Crippen LogP contribution in [0.1, 0.15) is 84.0 Å². The highest BCUT2D eigenvalue weighted by atomic mass is 16.3. The number of aliphatic hydroxyl groups excluding tert-OH is 2. The Hall–Kier alpha value is -0.200. The molecule has 6 atom stereocenters. The molecule has 1 heterocycles. The smallest absolute Gasteiger partial charge is 0.0649 e. The molecule has 0 radical (unpaired) electrons. The van der Waals surface area contributed by atoms with Gasteiger partial charge in [-0.1, -0.05) is 45.4 Å². The monoisotopic (exact) mass is 379 g/mol. The maximum atomic E-state index is 10.7. The van der Waals surface area contributed by atoms with Crippen molar-refractivity contribution in [3.05, 3.63) is 0 Å². The van der Waals surface area contributed by atoms with Crippen LogP contribution in [0.15, 0.2) is 0 Å². The Kier molecular flexibility index (Phi) is 6.76. The van der Waals surface area contributed by atoms with E-state index in [-0.39, 0.29) is 36.4 Å². The molecule has 1 saturated heterocycles. The van der Waals surface area contributed by atoms with Gasteiger partial charge in [0.25, 0.3) is 0 Å². The molecule has 4 rings (SSSR count). The van der Waals surface area contributed by atoms with Crippen LogP contribution in [0, 0.1) is 23.7 Å². The summed E-state index contributed by atoms with van der Waals surface area (Å²) in [4.78, 5) is 0. The fourth-order valence-electron chi connectivity index (χ4n) is 6.17. The van der Waals surface area contributed by atoms with E-state index in [1.54, 1.807) is 0 Å². The first-order valence-corrected chi connectivity index (χ1v) is 11.8. The van der Waals surface area contributed by atoms with Crippen LogP contribution in [-0.4, -0.2) is 40.9 Å². The molecule has 1 aliphatic heterocycles. The topological polar surface area (TPSA) is 76.5 Å². The highest BCUT2D eigenvalue weighted by molar-refractivity contribution is 4.97. The minimum atomic E-state index is -0.203. The van der Waals surface area contributed by atoms with Crippen molar-refractivity contribution < 1.29 is 10.2 Å². The number of nitrogens with one attached hydrogen (secondary N) is 3. The van der Waals surface area contributed by atoms with Gasteiger partial charge < -0.3 is 10.2 Å². The van der Waals surface area contributed by atoms with Gasteiger partial charge in [-0.3, -0.25) is 16.0 Å². The van der Waals surface area contributed by atoms with E-state index in [9.17, 15) is 10.2 Å². The van der Waals surface area contributed by atoms with Crippen molar-refractivity contribution in [3.63, 3.8) is 0 Å². The number of hydrogen-bond acceptors (Lipinski definition) is 5. The molecule has 0 amide bonds. The molecule has 3 saturated carbocycles. The molecule has 0 aromatic carbocycles. The molecule has 5 nitrogen and oxygen atoms in total. The summed E-state index contributed by atoms with van der Waals surface area (Å²) in [5, 5.41) is 32.8. The zero-order valence-corrected chi connectivity index (χ0v) is 17.1. The van der Waals surface area contributed by atoms with Crippen molar-refractivity contribution in [1.82, 2.24) is 16.0 Å². The summed E-state index contributed by atoms with van der Waals surface area (Å²) in [5.74, 6) is 2.09. The first-order valence-electron chi connectivity index (χ1n) is 11.8. The lowest BCUT2D eigenvalue weighted by Gasteiger charge is -2.50. The average Bonchev–Trinajstić information content (AvgIpc) is 2.69. The molecule has 5 N–H and O–H groups in total. The normalized spacial score (nSPS) is 49.7. The Labute approximate surface area is 165 Å². The molecule has 4 fully saturated rings. The fourth-order valence-corrected chi connectivity index (χ4v) is 6.17. The van der Waals surface area contributed by atoms with Crippen LogP contribution < -0.4 is 16.0 Å². The van der Waals surface area contributed by atoms with Crippen molar-refractivity contribution in [1.29, 1.82) is 0 Å². The van der Waals surface area contributed by atoms with Crippen LogP contribution in [0.4, 0.5) is 0 Å². The van der Waals surface area contributed by atoms with Crippen LogP contribution in [0.2, 0.25) is 0 Å². The Morgan fingerprint density at radius 2 is 1.00 bits per heavy atom. The second kappa shape index (κ2) is 9.08. The summed E-state index contributed by atoms with van der Waals surface area (Å²) < 4.78 is 0. The van der Waals surface area contributed by atoms with Crippen LogP contribution in [0.25, 0.3) is 0 Å². The van der Waals surface area contributed by atoms with Gasteiger partial charge in [-0.15, -0.1) is 0 Å². The van der Waals surface area contributed by atoms with Gasteiger partial charge in [-0.25, -0.2) is 0 Å². The Balaban J connectivity index is 1.49. The van der Waals surface area contributed by atoms with Crippen molar-refractivity contribution in [3.8, 4) is 0 Å². The largest absolute Gasteiger partial charge is 0.393 e. The second-order valence-electron chi connectivity index (χ2n) is 9.98. The lowest BCUT2D eigenvalue weighted by atomic mass is 9.78. The predicted octanol–water partition coefficient (Wildman–Crippen LogP) is 2.68. The van der Waals surface area contributed by atoms with E-state index in [2.05, 4.69) is 22.9 Å². The molecule has 6 unspecified atom stereocenters. The fraction of sp³-hybridized carbons (Fsp3) is 1.00. The number of hydrogen-bond donors (Lipinski definition) is 5. The van der Waals surface area contributed by atoms with E-state index < -0.39 is 0 Å². The maximum Gasteiger partial charge on any atom is 0.0649 e. The minimum Gasteiger partial charge on any atom is -0.393 e. The van der Waals surface area contributed by atoms with Crippen LogP contribution in [0.5, 0.6) is 0 Å². The van der Waals surface area contributed by atoms with Gasteiger partial charge in [0.15, 0.2) is 0 Å². The second-order valence-corrected chi connectivity index (χ2v) is 9.98. The molecule has 0 spiro atoms. The first kappa shape index (κ1) is 20.1. The molecule has 3 aliphatic carbocycles. The molecule has 156 valence electrons.